The van der Waals surface area contributed by atoms with Gasteiger partial charge in [0.1, 0.15) is 0 Å². The standard InChI is InChI=1S/C12H20N2O4/c1-3-5-7-9-11(13(15)16)12(14(17)18)10-8-6-4-2/h9-10H,3-8H2,1-2H3/b11-9+,12-10+. The summed E-state index contributed by atoms with van der Waals surface area (Å²) in [5, 5.41) is 21.7. The van der Waals surface area contributed by atoms with Gasteiger partial charge in [-0.05, 0) is 25.7 Å². The molecule has 0 aliphatic rings. The summed E-state index contributed by atoms with van der Waals surface area (Å²) in [5.74, 6) is 0. The second kappa shape index (κ2) is 9.32. The molecule has 0 rings (SSSR count). The first-order chi connectivity index (χ1) is 8.54. The highest BCUT2D eigenvalue weighted by Gasteiger charge is 2.27. The fourth-order valence-corrected chi connectivity index (χ4v) is 1.43. The average molecular weight is 256 g/mol. The van der Waals surface area contributed by atoms with Crippen LogP contribution < -0.4 is 0 Å². The molecule has 0 aromatic heterocycles. The predicted molar refractivity (Wildman–Crippen MR) is 69.2 cm³/mol. The lowest BCUT2D eigenvalue weighted by molar-refractivity contribution is -0.479. The van der Waals surface area contributed by atoms with Gasteiger partial charge >= 0.3 is 11.4 Å². The summed E-state index contributed by atoms with van der Waals surface area (Å²) in [7, 11) is 0. The zero-order valence-electron chi connectivity index (χ0n) is 10.9. The largest absolute Gasteiger partial charge is 0.341 e. The topological polar surface area (TPSA) is 86.3 Å². The molecule has 0 fully saturated rings. The Bertz CT molecular complexity index is 314. The Morgan fingerprint density at radius 2 is 1.22 bits per heavy atom. The number of allylic oxidation sites excluding steroid dienone is 2. The van der Waals surface area contributed by atoms with Crippen LogP contribution in [0.25, 0.3) is 0 Å². The van der Waals surface area contributed by atoms with E-state index in [2.05, 4.69) is 0 Å². The highest BCUT2D eigenvalue weighted by molar-refractivity contribution is 5.18. The van der Waals surface area contributed by atoms with Crippen molar-refractivity contribution in [2.75, 3.05) is 0 Å². The minimum absolute atomic E-state index is 0.385. The van der Waals surface area contributed by atoms with E-state index in [1.807, 2.05) is 13.8 Å². The molecule has 0 heterocycles. The highest BCUT2D eigenvalue weighted by Crippen LogP contribution is 2.15. The number of hydrogen-bond acceptors (Lipinski definition) is 4. The van der Waals surface area contributed by atoms with Gasteiger partial charge in [0.05, 0.1) is 9.85 Å². The van der Waals surface area contributed by atoms with Crippen LogP contribution in [0.2, 0.25) is 0 Å². The van der Waals surface area contributed by atoms with Crippen molar-refractivity contribution in [3.63, 3.8) is 0 Å². The molecule has 18 heavy (non-hydrogen) atoms. The Kier molecular flexibility index (Phi) is 8.43. The van der Waals surface area contributed by atoms with Gasteiger partial charge in [0, 0.05) is 12.2 Å². The van der Waals surface area contributed by atoms with E-state index >= 15 is 0 Å². The number of nitrogens with zero attached hydrogens (tertiary/aromatic N) is 2. The molecule has 0 atom stereocenters. The molecule has 6 nitrogen and oxygen atoms in total. The molecule has 0 radical (unpaired) electrons. The number of rotatable bonds is 9. The molecule has 0 bridgehead atoms. The first-order valence-electron chi connectivity index (χ1n) is 6.24. The first-order valence-corrected chi connectivity index (χ1v) is 6.24. The highest BCUT2D eigenvalue weighted by atomic mass is 16.6. The smallest absolute Gasteiger partial charge is 0.258 e. The van der Waals surface area contributed by atoms with Gasteiger partial charge in [0.15, 0.2) is 0 Å². The summed E-state index contributed by atoms with van der Waals surface area (Å²) in [6.07, 6.45) is 7.06. The molecule has 0 unspecified atom stereocenters. The lowest BCUT2D eigenvalue weighted by Gasteiger charge is -1.97. The van der Waals surface area contributed by atoms with Crippen LogP contribution >= 0.6 is 0 Å². The van der Waals surface area contributed by atoms with E-state index in [0.717, 1.165) is 25.7 Å². The second-order valence-electron chi connectivity index (χ2n) is 3.98. The van der Waals surface area contributed by atoms with Gasteiger partial charge in [-0.15, -0.1) is 0 Å². The molecule has 0 aromatic rings. The summed E-state index contributed by atoms with van der Waals surface area (Å²) < 4.78 is 0. The third kappa shape index (κ3) is 6.12. The molecule has 0 saturated heterocycles. The molecule has 0 saturated carbocycles. The van der Waals surface area contributed by atoms with Crippen LogP contribution in [0.4, 0.5) is 0 Å². The molecule has 0 aromatic carbocycles. The molecule has 0 amide bonds. The maximum Gasteiger partial charge on any atom is 0.341 e. The van der Waals surface area contributed by atoms with Crippen molar-refractivity contribution >= 4 is 0 Å². The molecule has 0 aliphatic heterocycles. The van der Waals surface area contributed by atoms with E-state index in [1.165, 1.54) is 12.2 Å². The number of hydrogen-bond donors (Lipinski definition) is 0. The summed E-state index contributed by atoms with van der Waals surface area (Å²) in [5.41, 5.74) is -0.769. The van der Waals surface area contributed by atoms with Crippen LogP contribution in [0, 0.1) is 20.2 Å². The minimum atomic E-state index is -0.670. The van der Waals surface area contributed by atoms with Gasteiger partial charge in [-0.3, -0.25) is 20.2 Å². The van der Waals surface area contributed by atoms with Crippen LogP contribution in [-0.2, 0) is 0 Å². The Morgan fingerprint density at radius 3 is 1.44 bits per heavy atom. The molecule has 0 aliphatic carbocycles. The maximum atomic E-state index is 10.9. The van der Waals surface area contributed by atoms with E-state index in [4.69, 9.17) is 0 Å². The monoisotopic (exact) mass is 256 g/mol. The lowest BCUT2D eigenvalue weighted by Crippen LogP contribution is -2.10. The van der Waals surface area contributed by atoms with Crippen molar-refractivity contribution in [1.82, 2.24) is 0 Å². The molecular formula is C12H20N2O4. The van der Waals surface area contributed by atoms with E-state index in [9.17, 15) is 20.2 Å². The quantitative estimate of drug-likeness (QED) is 0.272. The van der Waals surface area contributed by atoms with Crippen molar-refractivity contribution in [2.45, 2.75) is 52.4 Å². The van der Waals surface area contributed by atoms with Crippen molar-refractivity contribution in [1.29, 1.82) is 0 Å². The summed E-state index contributed by atoms with van der Waals surface area (Å²) in [4.78, 5) is 20.4. The third-order valence-electron chi connectivity index (χ3n) is 2.45. The van der Waals surface area contributed by atoms with E-state index in [0.29, 0.717) is 12.8 Å². The second-order valence-corrected chi connectivity index (χ2v) is 3.98. The molecular weight excluding hydrogens is 236 g/mol. The van der Waals surface area contributed by atoms with Gasteiger partial charge < -0.3 is 0 Å². The van der Waals surface area contributed by atoms with Crippen LogP contribution in [0.1, 0.15) is 52.4 Å². The van der Waals surface area contributed by atoms with E-state index < -0.39 is 9.85 Å². The zero-order valence-corrected chi connectivity index (χ0v) is 10.9. The third-order valence-corrected chi connectivity index (χ3v) is 2.45. The van der Waals surface area contributed by atoms with Gasteiger partial charge in [-0.2, -0.15) is 0 Å². The Labute approximate surface area is 107 Å². The van der Waals surface area contributed by atoms with Gasteiger partial charge in [0.25, 0.3) is 0 Å². The van der Waals surface area contributed by atoms with Gasteiger partial charge in [0.2, 0.25) is 0 Å². The fraction of sp³-hybridized carbons (Fsp3) is 0.667. The van der Waals surface area contributed by atoms with Crippen molar-refractivity contribution in [2.24, 2.45) is 0 Å². The van der Waals surface area contributed by atoms with Crippen LogP contribution in [-0.4, -0.2) is 9.85 Å². The fourth-order valence-electron chi connectivity index (χ4n) is 1.43. The minimum Gasteiger partial charge on any atom is -0.258 e. The summed E-state index contributed by atoms with van der Waals surface area (Å²) >= 11 is 0. The summed E-state index contributed by atoms with van der Waals surface area (Å²) in [6.45, 7) is 3.93. The van der Waals surface area contributed by atoms with Gasteiger partial charge in [-0.25, -0.2) is 0 Å². The Hall–Kier alpha value is -1.72. The first kappa shape index (κ1) is 16.3. The van der Waals surface area contributed by atoms with E-state index in [1.54, 1.807) is 0 Å². The maximum absolute atomic E-state index is 10.9. The number of nitro groups is 2. The zero-order chi connectivity index (χ0) is 14.0. The molecule has 0 N–H and O–H groups in total. The molecule has 6 heteroatoms. The van der Waals surface area contributed by atoms with Crippen molar-refractivity contribution in [3.05, 3.63) is 43.8 Å². The lowest BCUT2D eigenvalue weighted by atomic mass is 10.1. The average Bonchev–Trinajstić information content (AvgIpc) is 2.31. The molecule has 102 valence electrons. The van der Waals surface area contributed by atoms with Gasteiger partial charge in [-0.1, -0.05) is 26.7 Å². The van der Waals surface area contributed by atoms with Crippen LogP contribution in [0.3, 0.4) is 0 Å². The molecule has 0 spiro atoms. The van der Waals surface area contributed by atoms with Crippen molar-refractivity contribution in [3.8, 4) is 0 Å². The summed E-state index contributed by atoms with van der Waals surface area (Å²) in [6, 6.07) is 0. The van der Waals surface area contributed by atoms with Crippen molar-refractivity contribution < 1.29 is 9.85 Å². The van der Waals surface area contributed by atoms with Crippen LogP contribution in [0.15, 0.2) is 23.5 Å². The normalized spacial score (nSPS) is 12.6. The van der Waals surface area contributed by atoms with Crippen LogP contribution in [0.5, 0.6) is 0 Å². The Balaban J connectivity index is 5.00. The number of unbranched alkanes of at least 4 members (excludes halogenated alkanes) is 4. The predicted octanol–water partition coefficient (Wildman–Crippen LogP) is 3.69. The SMILES string of the molecule is CCCC/C=C(\C(=C/CCCC)[N+](=O)[O-])[N+](=O)[O-]. The van der Waals surface area contributed by atoms with E-state index in [-0.39, 0.29) is 11.4 Å². The Morgan fingerprint density at radius 1 is 0.889 bits per heavy atom.